The quantitative estimate of drug-likeness (QED) is 0.355. The monoisotopic (exact) mass is 127 g/mol. The molecule has 52 valence electrons. The zero-order valence-electron chi connectivity index (χ0n) is 5.92. The number of hydrogen-bond acceptors (Lipinski definition) is 2. The summed E-state index contributed by atoms with van der Waals surface area (Å²) >= 11 is 0. The first kappa shape index (κ1) is 8.24. The van der Waals surface area contributed by atoms with E-state index in [1.807, 2.05) is 0 Å². The van der Waals surface area contributed by atoms with Crippen LogP contribution in [0.4, 0.5) is 0 Å². The third-order valence-electron chi connectivity index (χ3n) is 1.10. The van der Waals surface area contributed by atoms with Gasteiger partial charge in [0.1, 0.15) is 6.26 Å². The number of nitrogens with two attached hydrogens (primary N) is 1. The van der Waals surface area contributed by atoms with E-state index < -0.39 is 0 Å². The van der Waals surface area contributed by atoms with Gasteiger partial charge < -0.3 is 4.84 Å². The second-order valence-electron chi connectivity index (χ2n) is 2.17. The Balaban J connectivity index is 3.63. The van der Waals surface area contributed by atoms with Gasteiger partial charge in [0, 0.05) is 0 Å². The molecule has 0 unspecified atom stereocenters. The predicted molar refractivity (Wildman–Crippen MR) is 38.4 cm³/mol. The molecular weight excluding hydrogens is 114 g/mol. The number of allylic oxidation sites excluding steroid dienone is 2. The van der Waals surface area contributed by atoms with Gasteiger partial charge in [-0.3, -0.25) is 0 Å². The summed E-state index contributed by atoms with van der Waals surface area (Å²) in [6.07, 6.45) is 3.17. The van der Waals surface area contributed by atoms with Gasteiger partial charge in [-0.1, -0.05) is 20.4 Å². The van der Waals surface area contributed by atoms with E-state index in [0.29, 0.717) is 5.92 Å². The van der Waals surface area contributed by atoms with Gasteiger partial charge in [0.2, 0.25) is 0 Å². The molecule has 0 rings (SSSR count). The summed E-state index contributed by atoms with van der Waals surface area (Å²) in [7, 11) is 0. The minimum atomic E-state index is 0.455. The van der Waals surface area contributed by atoms with Crippen LogP contribution in [-0.2, 0) is 4.84 Å². The van der Waals surface area contributed by atoms with E-state index in [-0.39, 0.29) is 0 Å². The first-order chi connectivity index (χ1) is 4.18. The summed E-state index contributed by atoms with van der Waals surface area (Å²) in [5.41, 5.74) is 1.01. The van der Waals surface area contributed by atoms with Crippen molar-refractivity contribution in [1.29, 1.82) is 0 Å². The Labute approximate surface area is 56.0 Å². The zero-order valence-corrected chi connectivity index (χ0v) is 5.92. The van der Waals surface area contributed by atoms with Gasteiger partial charge >= 0.3 is 0 Å². The minimum absolute atomic E-state index is 0.455. The van der Waals surface area contributed by atoms with Gasteiger partial charge in [0.25, 0.3) is 0 Å². The summed E-state index contributed by atoms with van der Waals surface area (Å²) in [6, 6.07) is 0. The average Bonchev–Trinajstić information content (AvgIpc) is 1.82. The van der Waals surface area contributed by atoms with E-state index in [4.69, 9.17) is 5.90 Å². The van der Waals surface area contributed by atoms with Crippen molar-refractivity contribution in [2.45, 2.75) is 13.8 Å². The van der Waals surface area contributed by atoms with Crippen molar-refractivity contribution in [1.82, 2.24) is 0 Å². The minimum Gasteiger partial charge on any atom is -0.419 e. The first-order valence-corrected chi connectivity index (χ1v) is 2.89. The standard InChI is InChI=1S/C7H13NO/c1-6(2)7(3)4-5-9-8/h4-6H,3,8H2,1-2H3/b5-4-. The van der Waals surface area contributed by atoms with Crippen LogP contribution >= 0.6 is 0 Å². The lowest BCUT2D eigenvalue weighted by Crippen LogP contribution is -1.91. The molecule has 0 bridgehead atoms. The van der Waals surface area contributed by atoms with Crippen LogP contribution in [0.3, 0.4) is 0 Å². The summed E-state index contributed by atoms with van der Waals surface area (Å²) in [4.78, 5) is 4.22. The van der Waals surface area contributed by atoms with Crippen molar-refractivity contribution in [2.75, 3.05) is 0 Å². The van der Waals surface area contributed by atoms with Gasteiger partial charge in [0.05, 0.1) is 0 Å². The lowest BCUT2D eigenvalue weighted by atomic mass is 10.1. The highest BCUT2D eigenvalue weighted by Crippen LogP contribution is 2.06. The third kappa shape index (κ3) is 3.79. The molecule has 2 nitrogen and oxygen atoms in total. The van der Waals surface area contributed by atoms with Gasteiger partial charge in [-0.15, -0.1) is 0 Å². The molecule has 0 spiro atoms. The maximum Gasteiger partial charge on any atom is 0.111 e. The van der Waals surface area contributed by atoms with Crippen LogP contribution in [0.25, 0.3) is 0 Å². The third-order valence-corrected chi connectivity index (χ3v) is 1.10. The Morgan fingerprint density at radius 1 is 1.67 bits per heavy atom. The zero-order chi connectivity index (χ0) is 7.28. The van der Waals surface area contributed by atoms with Crippen LogP contribution in [0.5, 0.6) is 0 Å². The first-order valence-electron chi connectivity index (χ1n) is 2.89. The molecule has 9 heavy (non-hydrogen) atoms. The normalized spacial score (nSPS) is 10.7. The van der Waals surface area contributed by atoms with Crippen LogP contribution in [0.15, 0.2) is 24.5 Å². The Bertz CT molecular complexity index is 116. The summed E-state index contributed by atoms with van der Waals surface area (Å²) in [5, 5.41) is 0. The molecule has 0 aromatic carbocycles. The molecule has 0 heterocycles. The van der Waals surface area contributed by atoms with Gasteiger partial charge in [-0.2, -0.15) is 5.90 Å². The maximum absolute atomic E-state index is 4.75. The smallest absolute Gasteiger partial charge is 0.111 e. The Morgan fingerprint density at radius 3 is 2.56 bits per heavy atom. The van der Waals surface area contributed by atoms with E-state index in [9.17, 15) is 0 Å². The summed E-state index contributed by atoms with van der Waals surface area (Å²) in [5.74, 6) is 5.20. The lowest BCUT2D eigenvalue weighted by Gasteiger charge is -2.00. The molecule has 0 saturated heterocycles. The molecule has 0 fully saturated rings. The molecule has 0 radical (unpaired) electrons. The van der Waals surface area contributed by atoms with E-state index in [2.05, 4.69) is 25.3 Å². The van der Waals surface area contributed by atoms with Crippen LogP contribution in [0, 0.1) is 5.92 Å². The number of rotatable bonds is 3. The van der Waals surface area contributed by atoms with Crippen molar-refractivity contribution in [3.63, 3.8) is 0 Å². The van der Waals surface area contributed by atoms with Crippen LogP contribution < -0.4 is 5.90 Å². The molecular formula is C7H13NO. The van der Waals surface area contributed by atoms with Crippen molar-refractivity contribution in [3.8, 4) is 0 Å². The second-order valence-corrected chi connectivity index (χ2v) is 2.17. The molecule has 2 heteroatoms. The Morgan fingerprint density at radius 2 is 2.22 bits per heavy atom. The average molecular weight is 127 g/mol. The second kappa shape index (κ2) is 4.15. The van der Waals surface area contributed by atoms with Crippen molar-refractivity contribution in [2.24, 2.45) is 11.8 Å². The van der Waals surface area contributed by atoms with Crippen molar-refractivity contribution < 1.29 is 4.84 Å². The van der Waals surface area contributed by atoms with Crippen molar-refractivity contribution in [3.05, 3.63) is 24.5 Å². The van der Waals surface area contributed by atoms with Crippen LogP contribution in [0.1, 0.15) is 13.8 Å². The highest BCUT2D eigenvalue weighted by molar-refractivity contribution is 5.14. The molecule has 0 aliphatic rings. The van der Waals surface area contributed by atoms with Gasteiger partial charge in [-0.05, 0) is 17.6 Å². The summed E-state index contributed by atoms with van der Waals surface area (Å²) in [6.45, 7) is 7.89. The Hall–Kier alpha value is -0.760. The van der Waals surface area contributed by atoms with E-state index in [1.165, 1.54) is 6.26 Å². The van der Waals surface area contributed by atoms with E-state index in [0.717, 1.165) is 5.57 Å². The summed E-state index contributed by atoms with van der Waals surface area (Å²) < 4.78 is 0. The van der Waals surface area contributed by atoms with Gasteiger partial charge in [-0.25, -0.2) is 0 Å². The molecule has 0 aliphatic carbocycles. The highest BCUT2D eigenvalue weighted by Gasteiger charge is 1.92. The van der Waals surface area contributed by atoms with E-state index in [1.54, 1.807) is 6.08 Å². The molecule has 0 aliphatic heterocycles. The topological polar surface area (TPSA) is 35.2 Å². The van der Waals surface area contributed by atoms with Crippen LogP contribution in [0.2, 0.25) is 0 Å². The number of hydrogen-bond donors (Lipinski definition) is 1. The van der Waals surface area contributed by atoms with Gasteiger partial charge in [0.15, 0.2) is 0 Å². The van der Waals surface area contributed by atoms with Crippen molar-refractivity contribution >= 4 is 0 Å². The fourth-order valence-corrected chi connectivity index (χ4v) is 0.319. The maximum atomic E-state index is 4.75. The fourth-order valence-electron chi connectivity index (χ4n) is 0.319. The SMILES string of the molecule is C=C(/C=C\ON)C(C)C. The predicted octanol–water partition coefficient (Wildman–Crippen LogP) is 1.60. The lowest BCUT2D eigenvalue weighted by molar-refractivity contribution is 0.261. The fraction of sp³-hybridized carbons (Fsp3) is 0.429. The molecule has 0 amide bonds. The molecule has 0 saturated carbocycles. The largest absolute Gasteiger partial charge is 0.419 e. The molecule has 2 N–H and O–H groups in total. The van der Waals surface area contributed by atoms with E-state index >= 15 is 0 Å². The van der Waals surface area contributed by atoms with Crippen LogP contribution in [-0.4, -0.2) is 0 Å². The Kier molecular flexibility index (Phi) is 3.80. The molecule has 0 aromatic heterocycles. The molecule has 0 atom stereocenters. The molecule has 0 aromatic rings. The highest BCUT2D eigenvalue weighted by atomic mass is 16.6.